The van der Waals surface area contributed by atoms with Crippen molar-refractivity contribution >= 4 is 50.1 Å². The summed E-state index contributed by atoms with van der Waals surface area (Å²) >= 11 is 0. The smallest absolute Gasteiger partial charge is 0.143 e. The van der Waals surface area contributed by atoms with Crippen molar-refractivity contribution in [3.8, 4) is 33.4 Å². The molecule has 2 nitrogen and oxygen atoms in total. The third-order valence-electron chi connectivity index (χ3n) is 11.1. The van der Waals surface area contributed by atoms with E-state index in [1.54, 1.807) is 0 Å². The molecule has 56 heavy (non-hydrogen) atoms. The molecule has 0 saturated heterocycles. The number of anilines is 3. The third kappa shape index (κ3) is 6.42. The molecule has 0 radical (unpaired) electrons. The summed E-state index contributed by atoms with van der Waals surface area (Å²) in [6, 6.07) is 71.6. The van der Waals surface area contributed by atoms with Crippen LogP contribution in [0.25, 0.3) is 66.5 Å². The zero-order chi connectivity index (χ0) is 37.3. The summed E-state index contributed by atoms with van der Waals surface area (Å²) in [5, 5.41) is 2.29. The maximum absolute atomic E-state index is 6.34. The van der Waals surface area contributed by atoms with Crippen LogP contribution in [0.3, 0.4) is 0 Å². The van der Waals surface area contributed by atoms with E-state index in [2.05, 4.69) is 205 Å². The summed E-state index contributed by atoms with van der Waals surface area (Å²) in [6.45, 7) is 0. The lowest BCUT2D eigenvalue weighted by molar-refractivity contribution is 0.670. The highest BCUT2D eigenvalue weighted by molar-refractivity contribution is 6.09. The highest BCUT2D eigenvalue weighted by atomic mass is 16.3. The highest BCUT2D eigenvalue weighted by Crippen LogP contribution is 2.40. The van der Waals surface area contributed by atoms with E-state index in [0.717, 1.165) is 63.0 Å². The van der Waals surface area contributed by atoms with Gasteiger partial charge in [0.25, 0.3) is 0 Å². The predicted octanol–water partition coefficient (Wildman–Crippen LogP) is 15.3. The largest absolute Gasteiger partial charge is 0.455 e. The normalized spacial score (nSPS) is 12.7. The first kappa shape index (κ1) is 33.4. The summed E-state index contributed by atoms with van der Waals surface area (Å²) in [7, 11) is 0. The molecule has 1 heterocycles. The third-order valence-corrected chi connectivity index (χ3v) is 11.1. The van der Waals surface area contributed by atoms with Crippen LogP contribution in [0.4, 0.5) is 17.1 Å². The maximum atomic E-state index is 6.34. The van der Waals surface area contributed by atoms with Gasteiger partial charge in [0.05, 0.1) is 0 Å². The molecule has 1 aliphatic carbocycles. The zero-order valence-corrected chi connectivity index (χ0v) is 31.0. The van der Waals surface area contributed by atoms with Crippen LogP contribution in [0.15, 0.2) is 217 Å². The Hall–Kier alpha value is -7.16. The van der Waals surface area contributed by atoms with Crippen molar-refractivity contribution in [3.63, 3.8) is 0 Å². The van der Waals surface area contributed by atoms with Gasteiger partial charge in [0, 0.05) is 33.4 Å². The second-order valence-corrected chi connectivity index (χ2v) is 14.4. The Kier molecular flexibility index (Phi) is 8.70. The van der Waals surface area contributed by atoms with E-state index in [1.165, 1.54) is 44.5 Å². The minimum Gasteiger partial charge on any atom is -0.455 e. The van der Waals surface area contributed by atoms with Crippen molar-refractivity contribution in [1.82, 2.24) is 0 Å². The molecule has 1 aliphatic rings. The number of nitrogens with zero attached hydrogens (tertiary/aromatic N) is 1. The Balaban J connectivity index is 0.951. The summed E-state index contributed by atoms with van der Waals surface area (Å²) in [6.07, 6.45) is 6.66. The summed E-state index contributed by atoms with van der Waals surface area (Å²) in [5.41, 5.74) is 17.5. The van der Waals surface area contributed by atoms with Gasteiger partial charge in [-0.15, -0.1) is 0 Å². The van der Waals surface area contributed by atoms with E-state index in [1.807, 2.05) is 12.1 Å². The number of hydrogen-bond donors (Lipinski definition) is 0. The van der Waals surface area contributed by atoms with Crippen molar-refractivity contribution in [1.29, 1.82) is 0 Å². The summed E-state index contributed by atoms with van der Waals surface area (Å²) in [5.74, 6) is 0. The van der Waals surface area contributed by atoms with Crippen molar-refractivity contribution < 1.29 is 4.42 Å². The molecule has 0 fully saturated rings. The standard InChI is InChI=1S/C54H39NO/c1-3-10-38(11-4-1)40-18-20-41(21-19-40)44-28-34-48(35-29-44)55(47-32-26-43(27-33-47)39-12-5-2-6-13-39)49-36-30-45(31-37-49)42-22-24-46(25-23-42)50-15-9-16-52-51-14-7-8-17-53(51)56-54(50)52/h1-18,20,22-37H,19,21H2. The maximum Gasteiger partial charge on any atom is 0.143 e. The van der Waals surface area contributed by atoms with Gasteiger partial charge < -0.3 is 9.32 Å². The molecule has 0 spiro atoms. The number of benzene rings is 8. The van der Waals surface area contributed by atoms with Gasteiger partial charge in [-0.25, -0.2) is 0 Å². The first-order valence-electron chi connectivity index (χ1n) is 19.4. The Labute approximate surface area is 327 Å². The molecule has 0 aliphatic heterocycles. The van der Waals surface area contributed by atoms with Crippen molar-refractivity contribution in [2.75, 3.05) is 4.90 Å². The van der Waals surface area contributed by atoms with E-state index in [-0.39, 0.29) is 0 Å². The van der Waals surface area contributed by atoms with Crippen LogP contribution in [0, 0.1) is 0 Å². The lowest BCUT2D eigenvalue weighted by Gasteiger charge is -2.26. The topological polar surface area (TPSA) is 16.4 Å². The van der Waals surface area contributed by atoms with Gasteiger partial charge in [-0.3, -0.25) is 0 Å². The lowest BCUT2D eigenvalue weighted by atomic mass is 9.90. The second kappa shape index (κ2) is 14.6. The molecule has 0 atom stereocenters. The molecule has 1 aromatic heterocycles. The molecular weight excluding hydrogens is 679 g/mol. The average molecular weight is 718 g/mol. The first-order valence-corrected chi connectivity index (χ1v) is 19.4. The molecular formula is C54H39NO. The van der Waals surface area contributed by atoms with Gasteiger partial charge in [0.2, 0.25) is 0 Å². The molecule has 10 rings (SSSR count). The van der Waals surface area contributed by atoms with Crippen LogP contribution in [0.5, 0.6) is 0 Å². The molecule has 266 valence electrons. The Bertz CT molecular complexity index is 2850. The molecule has 0 N–H and O–H groups in total. The predicted molar refractivity (Wildman–Crippen MR) is 236 cm³/mol. The summed E-state index contributed by atoms with van der Waals surface area (Å²) in [4.78, 5) is 2.35. The monoisotopic (exact) mass is 717 g/mol. The van der Waals surface area contributed by atoms with Crippen molar-refractivity contribution in [2.24, 2.45) is 0 Å². The fourth-order valence-corrected chi connectivity index (χ4v) is 8.10. The zero-order valence-electron chi connectivity index (χ0n) is 31.0. The molecule has 2 heteroatoms. The lowest BCUT2D eigenvalue weighted by Crippen LogP contribution is -2.10. The van der Waals surface area contributed by atoms with Crippen LogP contribution in [-0.2, 0) is 0 Å². The molecule has 0 amide bonds. The number of hydrogen-bond acceptors (Lipinski definition) is 2. The van der Waals surface area contributed by atoms with Crippen LogP contribution >= 0.6 is 0 Å². The van der Waals surface area contributed by atoms with Crippen molar-refractivity contribution in [2.45, 2.75) is 12.8 Å². The first-order chi connectivity index (χ1) is 27.7. The van der Waals surface area contributed by atoms with Crippen molar-refractivity contribution in [3.05, 3.63) is 223 Å². The molecule has 0 unspecified atom stereocenters. The van der Waals surface area contributed by atoms with Gasteiger partial charge >= 0.3 is 0 Å². The SMILES string of the molecule is C1=C(c2ccccc2)CCC(c2ccc(N(c3ccc(-c4ccccc4)cc3)c3ccc(-c4ccc(-c5cccc6c5oc5ccccc56)cc4)cc3)cc2)=C1. The molecule has 9 aromatic rings. The van der Waals surface area contributed by atoms with E-state index in [9.17, 15) is 0 Å². The Morgan fingerprint density at radius 1 is 0.321 bits per heavy atom. The van der Waals surface area contributed by atoms with E-state index >= 15 is 0 Å². The van der Waals surface area contributed by atoms with Crippen LogP contribution in [0.2, 0.25) is 0 Å². The van der Waals surface area contributed by atoms with Gasteiger partial charge in [-0.2, -0.15) is 0 Å². The molecule has 0 bridgehead atoms. The van der Waals surface area contributed by atoms with Crippen LogP contribution in [-0.4, -0.2) is 0 Å². The quantitative estimate of drug-likeness (QED) is 0.156. The number of rotatable bonds is 8. The minimum absolute atomic E-state index is 0.917. The van der Waals surface area contributed by atoms with Gasteiger partial charge in [0.15, 0.2) is 0 Å². The number of furan rings is 1. The number of fused-ring (bicyclic) bond motifs is 3. The van der Waals surface area contributed by atoms with Crippen LogP contribution in [0.1, 0.15) is 24.0 Å². The van der Waals surface area contributed by atoms with E-state index < -0.39 is 0 Å². The van der Waals surface area contributed by atoms with Gasteiger partial charge in [-0.1, -0.05) is 170 Å². The molecule has 8 aromatic carbocycles. The summed E-state index contributed by atoms with van der Waals surface area (Å²) < 4.78 is 6.34. The second-order valence-electron chi connectivity index (χ2n) is 14.4. The van der Waals surface area contributed by atoms with Crippen LogP contribution < -0.4 is 4.90 Å². The Morgan fingerprint density at radius 3 is 1.29 bits per heavy atom. The van der Waals surface area contributed by atoms with Gasteiger partial charge in [-0.05, 0) is 105 Å². The number of allylic oxidation sites excluding steroid dienone is 4. The van der Waals surface area contributed by atoms with E-state index in [4.69, 9.17) is 4.42 Å². The molecule has 0 saturated carbocycles. The highest BCUT2D eigenvalue weighted by Gasteiger charge is 2.16. The fourth-order valence-electron chi connectivity index (χ4n) is 8.10. The Morgan fingerprint density at radius 2 is 0.732 bits per heavy atom. The average Bonchev–Trinajstić information content (AvgIpc) is 3.67. The van der Waals surface area contributed by atoms with E-state index in [0.29, 0.717) is 0 Å². The van der Waals surface area contributed by atoms with Gasteiger partial charge in [0.1, 0.15) is 11.2 Å². The number of para-hydroxylation sites is 2. The fraction of sp³-hybridized carbons (Fsp3) is 0.0370. The minimum atomic E-state index is 0.917.